The summed E-state index contributed by atoms with van der Waals surface area (Å²) in [4.78, 5) is 12.7. The number of aliphatic hydroxyl groups is 4. The minimum absolute atomic E-state index is 0.0406. The van der Waals surface area contributed by atoms with Crippen LogP contribution in [0.4, 0.5) is 0 Å². The number of hydrogen-bond acceptors (Lipinski definition) is 12. The minimum Gasteiger partial charge on any atom is -0.390 e. The summed E-state index contributed by atoms with van der Waals surface area (Å²) < 4.78 is 43.0. The first-order chi connectivity index (χ1) is 22.2. The molecule has 0 bridgehead atoms. The molecule has 7 fully saturated rings. The summed E-state index contributed by atoms with van der Waals surface area (Å²) in [6.07, 6.45) is -2.44. The van der Waals surface area contributed by atoms with E-state index >= 15 is 0 Å². The van der Waals surface area contributed by atoms with Crippen LogP contribution in [0, 0.1) is 28.6 Å². The molecule has 0 aromatic heterocycles. The Morgan fingerprint density at radius 1 is 0.809 bits per heavy atom. The molecule has 2 spiro atoms. The molecule has 3 saturated heterocycles. The number of rotatable bonds is 7. The molecule has 12 nitrogen and oxygen atoms in total. The Morgan fingerprint density at radius 2 is 1.55 bits per heavy atom. The van der Waals surface area contributed by atoms with Crippen LogP contribution in [0.1, 0.15) is 86.0 Å². The molecular weight excluding hydrogens is 612 g/mol. The third-order valence-electron chi connectivity index (χ3n) is 14.3. The van der Waals surface area contributed by atoms with Crippen molar-refractivity contribution in [3.63, 3.8) is 0 Å². The quantitative estimate of drug-likeness (QED) is 0.230. The van der Waals surface area contributed by atoms with Crippen molar-refractivity contribution in [1.29, 1.82) is 0 Å². The van der Waals surface area contributed by atoms with E-state index in [0.29, 0.717) is 12.8 Å². The molecule has 12 heteroatoms. The lowest BCUT2D eigenvalue weighted by atomic mass is 9.43. The van der Waals surface area contributed by atoms with Crippen molar-refractivity contribution in [2.24, 2.45) is 28.6 Å². The molecule has 7 aliphatic rings. The van der Waals surface area contributed by atoms with Crippen LogP contribution in [0.2, 0.25) is 0 Å². The van der Waals surface area contributed by atoms with Gasteiger partial charge in [-0.05, 0) is 77.0 Å². The molecule has 0 aromatic rings. The minimum atomic E-state index is -1.19. The predicted molar refractivity (Wildman–Crippen MR) is 165 cm³/mol. The number of hydrogen-bond donors (Lipinski definition) is 4. The summed E-state index contributed by atoms with van der Waals surface area (Å²) in [7, 11) is 3.05. The number of aliphatic hydroxyl groups excluding tert-OH is 4. The molecule has 4 N–H and O–H groups in total. The Labute approximate surface area is 277 Å². The Hall–Kier alpha value is -0.770. The first-order valence-electron chi connectivity index (χ1n) is 17.8. The van der Waals surface area contributed by atoms with E-state index in [4.69, 9.17) is 33.2 Å². The largest absolute Gasteiger partial charge is 0.390 e. The molecule has 0 unspecified atom stereocenters. The van der Waals surface area contributed by atoms with Crippen LogP contribution in [0.15, 0.2) is 0 Å². The lowest BCUT2D eigenvalue weighted by molar-refractivity contribution is -0.343. The number of ether oxygens (including phenoxy) is 7. The lowest BCUT2D eigenvalue weighted by Crippen LogP contribution is -2.69. The number of fused-ring (bicyclic) bond motifs is 2. The molecule has 47 heavy (non-hydrogen) atoms. The zero-order chi connectivity index (χ0) is 33.8. The van der Waals surface area contributed by atoms with Crippen molar-refractivity contribution in [2.45, 2.75) is 171 Å². The molecule has 19 atom stereocenters. The first kappa shape index (κ1) is 34.7. The standard InChI is InChI=1S/C35H56O12/c1-16(36)21-10-13-35-33(21,5)30(40)26(39)29-32(4)11-9-20(14-19(32)8-12-34(29,35)47-35)45-23-15-22(41-6)27(18(3)43-23)46-31-25(38)28(42-7)24(37)17(2)44-31/h17-31,37-40H,8-15H2,1-7H3/t17-,18-,19+,20+,21-,22-,23+,24-,25-,26+,27-,28-,29-,30-,31+,32+,33+,34+,35-/m1/s1. The third kappa shape index (κ3) is 4.76. The summed E-state index contributed by atoms with van der Waals surface area (Å²) in [5.74, 6) is -0.163. The van der Waals surface area contributed by atoms with Gasteiger partial charge in [0.2, 0.25) is 0 Å². The maximum Gasteiger partial charge on any atom is 0.187 e. The van der Waals surface area contributed by atoms with E-state index in [2.05, 4.69) is 6.92 Å². The van der Waals surface area contributed by atoms with E-state index in [1.54, 1.807) is 21.0 Å². The average Bonchev–Trinajstić information content (AvgIpc) is 3.57. The molecule has 0 aromatic carbocycles. The molecule has 4 saturated carbocycles. The predicted octanol–water partition coefficient (Wildman–Crippen LogP) is 1.85. The molecular formula is C35H56O12. The van der Waals surface area contributed by atoms with Crippen molar-refractivity contribution in [1.82, 2.24) is 0 Å². The summed E-state index contributed by atoms with van der Waals surface area (Å²) in [6, 6.07) is 0. The molecule has 4 aliphatic carbocycles. The normalized spacial score (nSPS) is 58.6. The fourth-order valence-corrected chi connectivity index (χ4v) is 11.9. The Balaban J connectivity index is 1.01. The molecule has 0 amide bonds. The van der Waals surface area contributed by atoms with E-state index < -0.39 is 78.0 Å². The zero-order valence-electron chi connectivity index (χ0n) is 28.9. The fourth-order valence-electron chi connectivity index (χ4n) is 11.9. The van der Waals surface area contributed by atoms with Gasteiger partial charge in [0.25, 0.3) is 0 Å². The van der Waals surface area contributed by atoms with Gasteiger partial charge in [0.15, 0.2) is 12.6 Å². The topological polar surface area (TPSA) is 166 Å². The molecule has 3 aliphatic heterocycles. The summed E-state index contributed by atoms with van der Waals surface area (Å²) in [5.41, 5.74) is -2.07. The number of epoxide rings is 1. The summed E-state index contributed by atoms with van der Waals surface area (Å²) in [5, 5.41) is 44.7. The van der Waals surface area contributed by atoms with Gasteiger partial charge < -0.3 is 53.6 Å². The maximum atomic E-state index is 12.7. The van der Waals surface area contributed by atoms with Gasteiger partial charge in [-0.15, -0.1) is 0 Å². The van der Waals surface area contributed by atoms with Gasteiger partial charge in [0, 0.05) is 37.9 Å². The Bertz CT molecular complexity index is 1200. The van der Waals surface area contributed by atoms with Gasteiger partial charge >= 0.3 is 0 Å². The number of carbonyl (C=O) groups excluding carboxylic acids is 1. The second kappa shape index (κ2) is 11.9. The van der Waals surface area contributed by atoms with Crippen molar-refractivity contribution < 1.29 is 58.4 Å². The number of carbonyl (C=O) groups is 1. The highest BCUT2D eigenvalue weighted by Crippen LogP contribution is 2.81. The van der Waals surface area contributed by atoms with Gasteiger partial charge in [-0.3, -0.25) is 4.79 Å². The van der Waals surface area contributed by atoms with Crippen LogP contribution in [-0.2, 0) is 38.0 Å². The number of Topliss-reactive ketones (excluding diaryl/α,β-unsaturated/α-hetero) is 1. The van der Waals surface area contributed by atoms with Crippen molar-refractivity contribution in [2.75, 3.05) is 14.2 Å². The van der Waals surface area contributed by atoms with Gasteiger partial charge in [-0.1, -0.05) is 13.8 Å². The van der Waals surface area contributed by atoms with Crippen LogP contribution in [0.5, 0.6) is 0 Å². The first-order valence-corrected chi connectivity index (χ1v) is 17.8. The summed E-state index contributed by atoms with van der Waals surface area (Å²) >= 11 is 0. The fraction of sp³-hybridized carbons (Fsp3) is 0.971. The molecule has 7 rings (SSSR count). The van der Waals surface area contributed by atoms with Crippen LogP contribution < -0.4 is 0 Å². The van der Waals surface area contributed by atoms with Gasteiger partial charge in [0.1, 0.15) is 41.4 Å². The Morgan fingerprint density at radius 3 is 2.23 bits per heavy atom. The number of methoxy groups -OCH3 is 2. The van der Waals surface area contributed by atoms with Crippen molar-refractivity contribution in [3.05, 3.63) is 0 Å². The maximum absolute atomic E-state index is 12.7. The SMILES string of the molecule is CO[C@H]1[C@@H](O)[C@H](O[C@@H]2[C@@H](C)O[C@@H](O[C@H]3CC[C@@]4(C)[C@@H](CC[C@@]56O[C@@]57CC[C@H](C(C)=O)[C@@]7(C)[C@H](O)[C@@H](O)[C@H]46)C3)C[C@H]2OC)O[C@H](C)[C@H]1O. The van der Waals surface area contributed by atoms with Crippen molar-refractivity contribution in [3.8, 4) is 0 Å². The second-order valence-electron chi connectivity index (χ2n) is 16.3. The van der Waals surface area contributed by atoms with E-state index in [1.165, 1.54) is 7.11 Å². The average molecular weight is 669 g/mol. The van der Waals surface area contributed by atoms with E-state index in [-0.39, 0.29) is 41.2 Å². The van der Waals surface area contributed by atoms with Gasteiger partial charge in [-0.2, -0.15) is 0 Å². The van der Waals surface area contributed by atoms with Crippen molar-refractivity contribution >= 4 is 5.78 Å². The van der Waals surface area contributed by atoms with E-state index in [0.717, 1.165) is 38.5 Å². The molecule has 3 heterocycles. The van der Waals surface area contributed by atoms with Gasteiger partial charge in [-0.25, -0.2) is 0 Å². The van der Waals surface area contributed by atoms with Crippen LogP contribution in [0.25, 0.3) is 0 Å². The highest BCUT2D eigenvalue weighted by molar-refractivity contribution is 5.80. The van der Waals surface area contributed by atoms with Gasteiger partial charge in [0.05, 0.1) is 36.6 Å². The number of ketones is 1. The molecule has 0 radical (unpaired) electrons. The third-order valence-corrected chi connectivity index (χ3v) is 14.3. The van der Waals surface area contributed by atoms with Crippen LogP contribution in [0.3, 0.4) is 0 Å². The lowest BCUT2D eigenvalue weighted by Gasteiger charge is -2.61. The van der Waals surface area contributed by atoms with Crippen LogP contribution in [-0.4, -0.2) is 125 Å². The Kier molecular flexibility index (Phi) is 8.78. The van der Waals surface area contributed by atoms with Crippen LogP contribution >= 0.6 is 0 Å². The van der Waals surface area contributed by atoms with E-state index in [1.807, 2.05) is 13.8 Å². The monoisotopic (exact) mass is 668 g/mol. The smallest absolute Gasteiger partial charge is 0.187 e. The second-order valence-corrected chi connectivity index (χ2v) is 16.3. The summed E-state index contributed by atoms with van der Waals surface area (Å²) in [6.45, 7) is 9.45. The van der Waals surface area contributed by atoms with E-state index in [9.17, 15) is 25.2 Å². The zero-order valence-corrected chi connectivity index (χ0v) is 28.9. The molecule has 268 valence electrons. The highest BCUT2D eigenvalue weighted by atomic mass is 16.7. The highest BCUT2D eigenvalue weighted by Gasteiger charge is 2.90.